The molecule has 0 aromatic heterocycles. The third kappa shape index (κ3) is 4.48. The van der Waals surface area contributed by atoms with Crippen molar-refractivity contribution >= 4 is 17.9 Å². The number of amides is 2. The number of likely N-dealkylation sites (tertiary alicyclic amines) is 1. The summed E-state index contributed by atoms with van der Waals surface area (Å²) in [6.45, 7) is 2.78. The highest BCUT2D eigenvalue weighted by Gasteiger charge is 2.30. The molecular formula is C20H26N2O3. The fourth-order valence-corrected chi connectivity index (χ4v) is 3.31. The van der Waals surface area contributed by atoms with Crippen LogP contribution in [-0.2, 0) is 4.79 Å². The van der Waals surface area contributed by atoms with Crippen molar-refractivity contribution in [2.75, 3.05) is 13.2 Å². The Labute approximate surface area is 148 Å². The van der Waals surface area contributed by atoms with Gasteiger partial charge >= 0.3 is 0 Å². The molecular weight excluding hydrogens is 316 g/mol. The summed E-state index contributed by atoms with van der Waals surface area (Å²) in [4.78, 5) is 26.2. The lowest BCUT2D eigenvalue weighted by Gasteiger charge is -2.38. The summed E-state index contributed by atoms with van der Waals surface area (Å²) in [6.07, 6.45) is 7.47. The second-order valence-corrected chi connectivity index (χ2v) is 7.10. The summed E-state index contributed by atoms with van der Waals surface area (Å²) < 4.78 is 0. The molecule has 2 N–H and O–H groups in total. The standard InChI is InChI=1S/C20H26N2O3/c1-14-3-2-12-22(18(14)13-23)19(24)11-6-15-4-7-16(8-5-15)20(25)21-17-9-10-17/h4-8,11,14,17-18,23H,2-3,9-10,12-13H2,1H3,(H,21,25)/b11-6+. The third-order valence-electron chi connectivity index (χ3n) is 5.09. The lowest BCUT2D eigenvalue weighted by atomic mass is 9.91. The number of benzene rings is 1. The number of nitrogens with zero attached hydrogens (tertiary/aromatic N) is 1. The van der Waals surface area contributed by atoms with E-state index in [0.29, 0.717) is 24.1 Å². The number of carbonyl (C=O) groups is 2. The van der Waals surface area contributed by atoms with Crippen LogP contribution in [0.4, 0.5) is 0 Å². The molecule has 0 spiro atoms. The van der Waals surface area contributed by atoms with E-state index in [0.717, 1.165) is 31.2 Å². The predicted octanol–water partition coefficient (Wildman–Crippen LogP) is 2.21. The van der Waals surface area contributed by atoms with Gasteiger partial charge in [-0.15, -0.1) is 0 Å². The third-order valence-corrected chi connectivity index (χ3v) is 5.09. The largest absolute Gasteiger partial charge is 0.394 e. The second-order valence-electron chi connectivity index (χ2n) is 7.10. The van der Waals surface area contributed by atoms with Crippen molar-refractivity contribution in [1.29, 1.82) is 0 Å². The van der Waals surface area contributed by atoms with E-state index >= 15 is 0 Å². The molecule has 134 valence electrons. The Morgan fingerprint density at radius 3 is 2.60 bits per heavy atom. The maximum atomic E-state index is 12.5. The van der Waals surface area contributed by atoms with Crippen LogP contribution in [0.15, 0.2) is 30.3 Å². The molecule has 1 heterocycles. The molecule has 2 aliphatic rings. The van der Waals surface area contributed by atoms with Crippen LogP contribution in [0.25, 0.3) is 6.08 Å². The molecule has 1 saturated heterocycles. The van der Waals surface area contributed by atoms with Crippen LogP contribution in [0.1, 0.15) is 48.5 Å². The van der Waals surface area contributed by atoms with Crippen molar-refractivity contribution in [1.82, 2.24) is 10.2 Å². The van der Waals surface area contributed by atoms with E-state index in [4.69, 9.17) is 0 Å². The normalized spacial score (nSPS) is 23.7. The molecule has 2 amide bonds. The topological polar surface area (TPSA) is 69.6 Å². The lowest BCUT2D eigenvalue weighted by molar-refractivity contribution is -0.132. The molecule has 0 bridgehead atoms. The van der Waals surface area contributed by atoms with Crippen LogP contribution in [0, 0.1) is 5.92 Å². The predicted molar refractivity (Wildman–Crippen MR) is 96.9 cm³/mol. The summed E-state index contributed by atoms with van der Waals surface area (Å²) in [5.41, 5.74) is 1.52. The highest BCUT2D eigenvalue weighted by atomic mass is 16.3. The van der Waals surface area contributed by atoms with Crippen LogP contribution in [0.3, 0.4) is 0 Å². The molecule has 1 aromatic rings. The first kappa shape index (κ1) is 17.7. The van der Waals surface area contributed by atoms with Gasteiger partial charge in [-0.3, -0.25) is 9.59 Å². The van der Waals surface area contributed by atoms with Crippen molar-refractivity contribution in [3.05, 3.63) is 41.5 Å². The molecule has 1 aromatic carbocycles. The number of hydrogen-bond donors (Lipinski definition) is 2. The fourth-order valence-electron chi connectivity index (χ4n) is 3.31. The van der Waals surface area contributed by atoms with Gasteiger partial charge in [0.25, 0.3) is 5.91 Å². The number of rotatable bonds is 5. The van der Waals surface area contributed by atoms with Gasteiger partial charge in [0.05, 0.1) is 12.6 Å². The minimum absolute atomic E-state index is 0.00551. The van der Waals surface area contributed by atoms with E-state index in [2.05, 4.69) is 12.2 Å². The fraction of sp³-hybridized carbons (Fsp3) is 0.500. The molecule has 3 rings (SSSR count). The minimum atomic E-state index is -0.0978. The highest BCUT2D eigenvalue weighted by molar-refractivity contribution is 5.95. The van der Waals surface area contributed by atoms with Crippen molar-refractivity contribution < 1.29 is 14.7 Å². The van der Waals surface area contributed by atoms with Gasteiger partial charge in [0.1, 0.15) is 0 Å². The number of hydrogen-bond acceptors (Lipinski definition) is 3. The number of nitrogens with one attached hydrogen (secondary N) is 1. The monoisotopic (exact) mass is 342 g/mol. The zero-order chi connectivity index (χ0) is 17.8. The molecule has 1 aliphatic heterocycles. The Balaban J connectivity index is 1.60. The van der Waals surface area contributed by atoms with E-state index in [-0.39, 0.29) is 24.5 Å². The molecule has 0 radical (unpaired) electrons. The average Bonchev–Trinajstić information content (AvgIpc) is 3.43. The van der Waals surface area contributed by atoms with Gasteiger partial charge in [0, 0.05) is 24.2 Å². The maximum Gasteiger partial charge on any atom is 0.251 e. The van der Waals surface area contributed by atoms with Crippen molar-refractivity contribution in [3.63, 3.8) is 0 Å². The molecule has 5 nitrogen and oxygen atoms in total. The van der Waals surface area contributed by atoms with E-state index in [1.54, 1.807) is 29.2 Å². The molecule has 2 fully saturated rings. The van der Waals surface area contributed by atoms with E-state index < -0.39 is 0 Å². The first-order chi connectivity index (χ1) is 12.1. The maximum absolute atomic E-state index is 12.5. The van der Waals surface area contributed by atoms with E-state index in [9.17, 15) is 14.7 Å². The summed E-state index contributed by atoms with van der Waals surface area (Å²) in [5, 5.41) is 12.5. The molecule has 5 heteroatoms. The molecule has 1 aliphatic carbocycles. The number of aliphatic hydroxyl groups is 1. The molecule has 2 unspecified atom stereocenters. The zero-order valence-corrected chi connectivity index (χ0v) is 14.6. The van der Waals surface area contributed by atoms with Crippen molar-refractivity contribution in [2.24, 2.45) is 5.92 Å². The van der Waals surface area contributed by atoms with Crippen molar-refractivity contribution in [2.45, 2.75) is 44.7 Å². The quantitative estimate of drug-likeness (QED) is 0.806. The van der Waals surface area contributed by atoms with Gasteiger partial charge in [-0.25, -0.2) is 0 Å². The van der Waals surface area contributed by atoms with Gasteiger partial charge in [-0.2, -0.15) is 0 Å². The first-order valence-corrected chi connectivity index (χ1v) is 9.09. The smallest absolute Gasteiger partial charge is 0.251 e. The SMILES string of the molecule is CC1CCCN(C(=O)/C=C/c2ccc(C(=O)NC3CC3)cc2)C1CO. The van der Waals surface area contributed by atoms with Gasteiger partial charge in [0.2, 0.25) is 5.91 Å². The number of aliphatic hydroxyl groups excluding tert-OH is 1. The lowest BCUT2D eigenvalue weighted by Crippen LogP contribution is -2.49. The Bertz CT molecular complexity index is 649. The number of carbonyl (C=O) groups excluding carboxylic acids is 2. The van der Waals surface area contributed by atoms with E-state index in [1.807, 2.05) is 12.1 Å². The Hall–Kier alpha value is -2.14. The summed E-state index contributed by atoms with van der Waals surface area (Å²) in [7, 11) is 0. The summed E-state index contributed by atoms with van der Waals surface area (Å²) in [5.74, 6) is 0.212. The molecule has 1 saturated carbocycles. The molecule has 25 heavy (non-hydrogen) atoms. The highest BCUT2D eigenvalue weighted by Crippen LogP contribution is 2.23. The van der Waals surface area contributed by atoms with Crippen LogP contribution in [0.5, 0.6) is 0 Å². The van der Waals surface area contributed by atoms with Crippen molar-refractivity contribution in [3.8, 4) is 0 Å². The van der Waals surface area contributed by atoms with Gasteiger partial charge < -0.3 is 15.3 Å². The Morgan fingerprint density at radius 1 is 1.24 bits per heavy atom. The van der Waals surface area contributed by atoms with Gasteiger partial charge in [0.15, 0.2) is 0 Å². The minimum Gasteiger partial charge on any atom is -0.394 e. The Kier molecular flexibility index (Phi) is 5.53. The van der Waals surface area contributed by atoms with Crippen LogP contribution in [0.2, 0.25) is 0 Å². The summed E-state index contributed by atoms with van der Waals surface area (Å²) >= 11 is 0. The first-order valence-electron chi connectivity index (χ1n) is 9.09. The average molecular weight is 342 g/mol. The van der Waals surface area contributed by atoms with Crippen LogP contribution < -0.4 is 5.32 Å². The van der Waals surface area contributed by atoms with Gasteiger partial charge in [-0.1, -0.05) is 19.1 Å². The summed E-state index contributed by atoms with van der Waals surface area (Å²) in [6, 6.07) is 7.49. The Morgan fingerprint density at radius 2 is 1.96 bits per heavy atom. The molecule has 2 atom stereocenters. The number of piperidine rings is 1. The second kappa shape index (κ2) is 7.83. The van der Waals surface area contributed by atoms with E-state index in [1.165, 1.54) is 0 Å². The van der Waals surface area contributed by atoms with Gasteiger partial charge in [-0.05, 0) is 55.4 Å². The zero-order valence-electron chi connectivity index (χ0n) is 14.6. The van der Waals surface area contributed by atoms with Crippen LogP contribution >= 0.6 is 0 Å². The van der Waals surface area contributed by atoms with Crippen LogP contribution in [-0.4, -0.2) is 47.1 Å².